The standard InChI is InChI=1S/C17H16F3N5O2.ClH/c1-2-27-16(26)25-13-7-11-14(15(21)24-13)23-12(8-22-11)9-3-5-10(6-4-9)17(18,19)20;/h3-7,22H,2,8H2,1H3,(H3,21,24,25,26);1H. The third-order valence-electron chi connectivity index (χ3n) is 3.76. The number of fused-ring (bicyclic) bond motifs is 1. The lowest BCUT2D eigenvalue weighted by molar-refractivity contribution is -0.137. The molecule has 4 N–H and O–H groups in total. The van der Waals surface area contributed by atoms with Gasteiger partial charge in [0.15, 0.2) is 5.82 Å². The molecule has 0 radical (unpaired) electrons. The summed E-state index contributed by atoms with van der Waals surface area (Å²) in [5.74, 6) is 0.265. The van der Waals surface area contributed by atoms with Crippen LogP contribution in [0.4, 0.5) is 41.0 Å². The monoisotopic (exact) mass is 415 g/mol. The van der Waals surface area contributed by atoms with Crippen molar-refractivity contribution in [1.29, 1.82) is 0 Å². The molecule has 0 fully saturated rings. The largest absolute Gasteiger partial charge is 0.450 e. The molecular formula is C17H17ClF3N5O2. The minimum Gasteiger partial charge on any atom is -0.450 e. The van der Waals surface area contributed by atoms with Crippen LogP contribution in [-0.4, -0.2) is 29.9 Å². The molecule has 2 aromatic rings. The third kappa shape index (κ3) is 4.63. The first-order valence-corrected chi connectivity index (χ1v) is 8.01. The van der Waals surface area contributed by atoms with Crippen LogP contribution in [0.5, 0.6) is 0 Å². The number of alkyl halides is 3. The Morgan fingerprint density at radius 3 is 2.61 bits per heavy atom. The number of benzene rings is 1. The number of nitrogen functional groups attached to an aromatic ring is 1. The van der Waals surface area contributed by atoms with Crippen molar-refractivity contribution < 1.29 is 22.7 Å². The molecule has 0 spiro atoms. The van der Waals surface area contributed by atoms with Crippen LogP contribution >= 0.6 is 12.4 Å². The van der Waals surface area contributed by atoms with Crippen LogP contribution in [0.15, 0.2) is 35.3 Å². The summed E-state index contributed by atoms with van der Waals surface area (Å²) >= 11 is 0. The predicted molar refractivity (Wildman–Crippen MR) is 103 cm³/mol. The van der Waals surface area contributed by atoms with E-state index in [9.17, 15) is 18.0 Å². The van der Waals surface area contributed by atoms with E-state index in [2.05, 4.69) is 20.6 Å². The number of hydrogen-bond acceptors (Lipinski definition) is 6. The molecule has 0 unspecified atom stereocenters. The Balaban J connectivity index is 0.00000280. The van der Waals surface area contributed by atoms with Gasteiger partial charge in [0.2, 0.25) is 0 Å². The first-order chi connectivity index (χ1) is 12.8. The van der Waals surface area contributed by atoms with Gasteiger partial charge < -0.3 is 15.8 Å². The fourth-order valence-electron chi connectivity index (χ4n) is 2.52. The van der Waals surface area contributed by atoms with Crippen LogP contribution in [-0.2, 0) is 10.9 Å². The number of amides is 1. The Hall–Kier alpha value is -3.01. The number of pyridine rings is 1. The average Bonchev–Trinajstić information content (AvgIpc) is 2.61. The normalized spacial score (nSPS) is 12.8. The van der Waals surface area contributed by atoms with E-state index in [-0.39, 0.29) is 37.2 Å². The second-order valence-corrected chi connectivity index (χ2v) is 5.62. The molecule has 11 heteroatoms. The Morgan fingerprint density at radius 1 is 1.32 bits per heavy atom. The molecule has 28 heavy (non-hydrogen) atoms. The minimum absolute atomic E-state index is 0. The highest BCUT2D eigenvalue weighted by Gasteiger charge is 2.30. The van der Waals surface area contributed by atoms with Crippen LogP contribution in [0.1, 0.15) is 18.1 Å². The highest BCUT2D eigenvalue weighted by molar-refractivity contribution is 6.08. The molecule has 1 aliphatic heterocycles. The molecule has 150 valence electrons. The zero-order chi connectivity index (χ0) is 19.6. The fraction of sp³-hybridized carbons (Fsp3) is 0.235. The van der Waals surface area contributed by atoms with Crippen molar-refractivity contribution >= 4 is 47.2 Å². The fourth-order valence-corrected chi connectivity index (χ4v) is 2.52. The molecule has 0 bridgehead atoms. The predicted octanol–water partition coefficient (Wildman–Crippen LogP) is 4.22. The lowest BCUT2D eigenvalue weighted by Gasteiger charge is -2.20. The van der Waals surface area contributed by atoms with Crippen molar-refractivity contribution in [3.8, 4) is 0 Å². The van der Waals surface area contributed by atoms with Crippen LogP contribution in [0.2, 0.25) is 0 Å². The number of ether oxygens (including phenoxy) is 1. The molecule has 3 rings (SSSR count). The summed E-state index contributed by atoms with van der Waals surface area (Å²) in [5.41, 5.74) is 7.14. The van der Waals surface area contributed by atoms with Gasteiger partial charge in [-0.15, -0.1) is 12.4 Å². The highest BCUT2D eigenvalue weighted by atomic mass is 35.5. The quantitative estimate of drug-likeness (QED) is 0.696. The Kier molecular flexibility index (Phi) is 6.34. The lowest BCUT2D eigenvalue weighted by Crippen LogP contribution is -2.21. The van der Waals surface area contributed by atoms with Gasteiger partial charge in [-0.3, -0.25) is 5.32 Å². The second kappa shape index (κ2) is 8.34. The zero-order valence-corrected chi connectivity index (χ0v) is 15.4. The van der Waals surface area contributed by atoms with Gasteiger partial charge in [0, 0.05) is 6.07 Å². The molecular weight excluding hydrogens is 399 g/mol. The van der Waals surface area contributed by atoms with Gasteiger partial charge in [-0.2, -0.15) is 13.2 Å². The number of rotatable bonds is 3. The van der Waals surface area contributed by atoms with Gasteiger partial charge in [0.05, 0.1) is 30.1 Å². The van der Waals surface area contributed by atoms with E-state index in [1.165, 1.54) is 12.1 Å². The van der Waals surface area contributed by atoms with Crippen LogP contribution in [0.25, 0.3) is 0 Å². The second-order valence-electron chi connectivity index (χ2n) is 5.62. The van der Waals surface area contributed by atoms with Gasteiger partial charge in [0.1, 0.15) is 11.5 Å². The molecule has 1 amide bonds. The van der Waals surface area contributed by atoms with Crippen molar-refractivity contribution in [2.45, 2.75) is 13.1 Å². The number of nitrogens with two attached hydrogens (primary N) is 1. The molecule has 0 aliphatic carbocycles. The minimum atomic E-state index is -4.39. The van der Waals surface area contributed by atoms with Gasteiger partial charge in [0.25, 0.3) is 0 Å². The maximum atomic E-state index is 12.7. The van der Waals surface area contributed by atoms with Crippen LogP contribution < -0.4 is 16.4 Å². The number of nitrogens with zero attached hydrogens (tertiary/aromatic N) is 2. The van der Waals surface area contributed by atoms with E-state index in [4.69, 9.17) is 10.5 Å². The van der Waals surface area contributed by atoms with Gasteiger partial charge in [-0.05, 0) is 24.6 Å². The number of hydrogen-bond donors (Lipinski definition) is 3. The number of anilines is 3. The molecule has 0 saturated heterocycles. The van der Waals surface area contributed by atoms with Crippen LogP contribution in [0.3, 0.4) is 0 Å². The van der Waals surface area contributed by atoms with Gasteiger partial charge in [-0.25, -0.2) is 14.8 Å². The summed E-state index contributed by atoms with van der Waals surface area (Å²) in [6, 6.07) is 6.27. The molecule has 0 saturated carbocycles. The summed E-state index contributed by atoms with van der Waals surface area (Å²) in [6.07, 6.45) is -5.05. The number of carbonyl (C=O) groups excluding carboxylic acids is 1. The van der Waals surface area contributed by atoms with E-state index < -0.39 is 17.8 Å². The molecule has 1 aliphatic rings. The van der Waals surface area contributed by atoms with E-state index in [0.29, 0.717) is 22.6 Å². The highest BCUT2D eigenvalue weighted by Crippen LogP contribution is 2.36. The Morgan fingerprint density at radius 2 is 2.00 bits per heavy atom. The molecule has 0 atom stereocenters. The number of aliphatic imine (C=N–C) groups is 1. The molecule has 7 nitrogen and oxygen atoms in total. The Labute approximate surface area is 164 Å². The first kappa shape index (κ1) is 21.3. The summed E-state index contributed by atoms with van der Waals surface area (Å²) < 4.78 is 42.8. The first-order valence-electron chi connectivity index (χ1n) is 8.01. The number of carbonyl (C=O) groups is 1. The SMILES string of the molecule is CCOC(=O)Nc1cc2c(c(N)n1)N=C(c1ccc(C(F)(F)F)cc1)CN2.Cl. The van der Waals surface area contributed by atoms with E-state index in [1.54, 1.807) is 13.0 Å². The smallest absolute Gasteiger partial charge is 0.416 e. The summed E-state index contributed by atoms with van der Waals surface area (Å²) in [5, 5.41) is 5.53. The Bertz CT molecular complexity index is 901. The van der Waals surface area contributed by atoms with Crippen molar-refractivity contribution in [2.24, 2.45) is 4.99 Å². The maximum absolute atomic E-state index is 12.7. The topological polar surface area (TPSA) is 102 Å². The van der Waals surface area contributed by atoms with E-state index in [1.807, 2.05) is 0 Å². The molecule has 1 aromatic carbocycles. The summed E-state index contributed by atoms with van der Waals surface area (Å²) in [7, 11) is 0. The lowest BCUT2D eigenvalue weighted by atomic mass is 10.1. The van der Waals surface area contributed by atoms with Crippen molar-refractivity contribution in [3.63, 3.8) is 0 Å². The van der Waals surface area contributed by atoms with Crippen LogP contribution in [0, 0.1) is 0 Å². The number of aromatic nitrogens is 1. The van der Waals surface area contributed by atoms with Crippen molar-refractivity contribution in [3.05, 3.63) is 41.5 Å². The van der Waals surface area contributed by atoms with Gasteiger partial charge in [-0.1, -0.05) is 12.1 Å². The summed E-state index contributed by atoms with van der Waals surface area (Å²) in [6.45, 7) is 2.17. The molecule has 2 heterocycles. The molecule has 1 aromatic heterocycles. The number of halogens is 4. The van der Waals surface area contributed by atoms with E-state index >= 15 is 0 Å². The average molecular weight is 416 g/mol. The van der Waals surface area contributed by atoms with Crippen molar-refractivity contribution in [2.75, 3.05) is 29.5 Å². The zero-order valence-electron chi connectivity index (χ0n) is 14.6. The summed E-state index contributed by atoms with van der Waals surface area (Å²) in [4.78, 5) is 19.9. The maximum Gasteiger partial charge on any atom is 0.416 e. The number of nitrogens with one attached hydrogen (secondary N) is 2. The third-order valence-corrected chi connectivity index (χ3v) is 3.76. The van der Waals surface area contributed by atoms with E-state index in [0.717, 1.165) is 12.1 Å². The van der Waals surface area contributed by atoms with Crippen molar-refractivity contribution in [1.82, 2.24) is 4.98 Å². The van der Waals surface area contributed by atoms with Gasteiger partial charge >= 0.3 is 12.3 Å².